The van der Waals surface area contributed by atoms with Crippen molar-refractivity contribution in [3.8, 4) is 0 Å². The topological polar surface area (TPSA) is 84.9 Å². The number of aryl methyl sites for hydroxylation is 1. The van der Waals surface area contributed by atoms with Crippen LogP contribution in [0.1, 0.15) is 19.4 Å². The Labute approximate surface area is 134 Å². The molecule has 0 saturated carbocycles. The van der Waals surface area contributed by atoms with Crippen molar-refractivity contribution < 1.29 is 22.9 Å². The molecule has 0 bridgehead atoms. The molecule has 0 amide bonds. The van der Waals surface area contributed by atoms with Gasteiger partial charge in [0, 0.05) is 0 Å². The summed E-state index contributed by atoms with van der Waals surface area (Å²) < 4.78 is 37.8. The Hall–Kier alpha value is -0.560. The molecule has 0 saturated heterocycles. The molecule has 1 aromatic rings. The Morgan fingerprint density at radius 2 is 1.77 bits per heavy atom. The maximum Gasteiger partial charge on any atom is 0.332 e. The Bertz CT molecular complexity index is 512. The first kappa shape index (κ1) is 19.5. The second-order valence-electron chi connectivity index (χ2n) is 4.71. The summed E-state index contributed by atoms with van der Waals surface area (Å²) in [5.41, 5.74) is 1.07. The van der Waals surface area contributed by atoms with E-state index in [1.165, 1.54) is 0 Å². The minimum atomic E-state index is -3.30. The summed E-state index contributed by atoms with van der Waals surface area (Å²) in [5.74, 6) is 0. The van der Waals surface area contributed by atoms with Crippen LogP contribution in [0.25, 0.3) is 0 Å². The minimum Gasteiger partial charge on any atom is -0.395 e. The summed E-state index contributed by atoms with van der Waals surface area (Å²) in [7, 11) is -4.81. The normalized spacial score (nSPS) is 14.7. The molecule has 0 aliphatic carbocycles. The van der Waals surface area contributed by atoms with Crippen LogP contribution in [0.3, 0.4) is 0 Å². The van der Waals surface area contributed by atoms with Crippen LogP contribution in [0.4, 0.5) is 0 Å². The van der Waals surface area contributed by atoms with Gasteiger partial charge in [-0.2, -0.15) is 0 Å². The molecule has 1 aromatic carbocycles. The maximum atomic E-state index is 12.5. The van der Waals surface area contributed by atoms with E-state index in [2.05, 4.69) is 4.72 Å². The van der Waals surface area contributed by atoms with E-state index in [4.69, 9.17) is 9.05 Å². The molecule has 0 fully saturated rings. The van der Waals surface area contributed by atoms with Crippen molar-refractivity contribution in [1.82, 2.24) is 4.72 Å². The van der Waals surface area contributed by atoms with Gasteiger partial charge in [0.15, 0.2) is 0 Å². The number of aliphatic hydroxyl groups excluding tert-OH is 1. The van der Waals surface area contributed by atoms with Crippen LogP contribution in [0.2, 0.25) is 0 Å². The highest BCUT2D eigenvalue weighted by Gasteiger charge is 2.29. The van der Waals surface area contributed by atoms with E-state index in [0.717, 1.165) is 5.56 Å². The van der Waals surface area contributed by atoms with E-state index >= 15 is 0 Å². The van der Waals surface area contributed by atoms with Crippen LogP contribution in [0.15, 0.2) is 29.2 Å². The van der Waals surface area contributed by atoms with E-state index in [0.29, 0.717) is 4.90 Å². The lowest BCUT2D eigenvalue weighted by molar-refractivity contribution is 0.209. The largest absolute Gasteiger partial charge is 0.395 e. The van der Waals surface area contributed by atoms with Crippen LogP contribution < -0.4 is 4.72 Å². The molecule has 6 nitrogen and oxygen atoms in total. The lowest BCUT2D eigenvalue weighted by atomic mass is 10.2. The predicted octanol–water partition coefficient (Wildman–Crippen LogP) is 2.23. The second kappa shape index (κ2) is 9.55. The molecule has 8 heteroatoms. The van der Waals surface area contributed by atoms with E-state index < -0.39 is 24.6 Å². The predicted molar refractivity (Wildman–Crippen MR) is 87.3 cm³/mol. The summed E-state index contributed by atoms with van der Waals surface area (Å²) in [5, 5.41) is 9.44. The smallest absolute Gasteiger partial charge is 0.332 e. The molecule has 0 heterocycles. The number of hydrogen-bond acceptors (Lipinski definition) is 5. The number of aliphatic hydroxyl groups is 1. The van der Waals surface area contributed by atoms with Gasteiger partial charge in [-0.25, -0.2) is 8.93 Å². The van der Waals surface area contributed by atoms with Gasteiger partial charge in [0.1, 0.15) is 11.0 Å². The highest BCUT2D eigenvalue weighted by atomic mass is 32.2. The van der Waals surface area contributed by atoms with Crippen LogP contribution in [-0.4, -0.2) is 41.3 Å². The molecular formula is C14H24NO5PS. The van der Waals surface area contributed by atoms with Gasteiger partial charge in [0.05, 0.1) is 36.9 Å². The van der Waals surface area contributed by atoms with Gasteiger partial charge in [-0.15, -0.1) is 0 Å². The van der Waals surface area contributed by atoms with Crippen molar-refractivity contribution in [3.05, 3.63) is 29.8 Å². The maximum absolute atomic E-state index is 12.5. The van der Waals surface area contributed by atoms with Gasteiger partial charge >= 0.3 is 7.60 Å². The number of benzene rings is 1. The third-order valence-electron chi connectivity index (χ3n) is 2.82. The first-order valence-corrected chi connectivity index (χ1v) is 10.1. The van der Waals surface area contributed by atoms with E-state index in [-0.39, 0.29) is 26.0 Å². The molecule has 0 aliphatic heterocycles. The van der Waals surface area contributed by atoms with Crippen LogP contribution in [-0.2, 0) is 24.6 Å². The van der Waals surface area contributed by atoms with Crippen molar-refractivity contribution in [1.29, 1.82) is 0 Å². The minimum absolute atomic E-state index is 0.0389. The molecule has 22 heavy (non-hydrogen) atoms. The zero-order chi connectivity index (χ0) is 16.6. The molecule has 0 aliphatic rings. The molecule has 126 valence electrons. The third-order valence-corrected chi connectivity index (χ3v) is 6.26. The van der Waals surface area contributed by atoms with Gasteiger partial charge in [-0.05, 0) is 32.9 Å². The average Bonchev–Trinajstić information content (AvgIpc) is 2.47. The van der Waals surface area contributed by atoms with E-state index in [1.807, 2.05) is 19.1 Å². The summed E-state index contributed by atoms with van der Waals surface area (Å²) >= 11 is 0. The summed E-state index contributed by atoms with van der Waals surface area (Å²) in [6, 6.07) is 6.56. The molecule has 0 radical (unpaired) electrons. The van der Waals surface area contributed by atoms with Gasteiger partial charge in [0.25, 0.3) is 0 Å². The Kier molecular flexibility index (Phi) is 8.46. The van der Waals surface area contributed by atoms with Gasteiger partial charge in [-0.3, -0.25) is 4.57 Å². The number of rotatable bonds is 10. The van der Waals surface area contributed by atoms with Gasteiger partial charge in [0.2, 0.25) is 0 Å². The van der Waals surface area contributed by atoms with E-state index in [1.54, 1.807) is 26.0 Å². The standard InChI is InChI=1S/C14H24NO5PS/c1-4-19-21(17,20-5-2)11-13(10-16)15-22(18)14-8-6-12(3)7-9-14/h6-9,13,15-16H,4-5,10-11H2,1-3H3/t13-,22?/m1/s1. The lowest BCUT2D eigenvalue weighted by Gasteiger charge is -2.22. The highest BCUT2D eigenvalue weighted by Crippen LogP contribution is 2.48. The van der Waals surface area contributed by atoms with Crippen molar-refractivity contribution in [3.63, 3.8) is 0 Å². The van der Waals surface area contributed by atoms with Crippen molar-refractivity contribution >= 4 is 18.6 Å². The first-order valence-electron chi connectivity index (χ1n) is 7.17. The van der Waals surface area contributed by atoms with Crippen molar-refractivity contribution in [2.24, 2.45) is 0 Å². The Balaban J connectivity index is 2.73. The SMILES string of the molecule is CCOP(=O)(C[C@@H](CO)NS(=O)c1ccc(C)cc1)OCC. The molecule has 2 N–H and O–H groups in total. The quantitative estimate of drug-likeness (QED) is 0.633. The fourth-order valence-corrected chi connectivity index (χ4v) is 4.74. The highest BCUT2D eigenvalue weighted by molar-refractivity contribution is 7.83. The Morgan fingerprint density at radius 3 is 2.23 bits per heavy atom. The first-order chi connectivity index (χ1) is 10.4. The molecule has 1 unspecified atom stereocenters. The van der Waals surface area contributed by atoms with E-state index in [9.17, 15) is 13.9 Å². The summed E-state index contributed by atoms with van der Waals surface area (Å²) in [4.78, 5) is 0.590. The van der Waals surface area contributed by atoms with Crippen LogP contribution in [0, 0.1) is 6.92 Å². The second-order valence-corrected chi connectivity index (χ2v) is 8.06. The number of nitrogens with one attached hydrogen (secondary N) is 1. The fraction of sp³-hybridized carbons (Fsp3) is 0.571. The lowest BCUT2D eigenvalue weighted by Crippen LogP contribution is -2.37. The van der Waals surface area contributed by atoms with Crippen molar-refractivity contribution in [2.75, 3.05) is 26.0 Å². The van der Waals surface area contributed by atoms with Crippen molar-refractivity contribution in [2.45, 2.75) is 31.7 Å². The van der Waals surface area contributed by atoms with Crippen LogP contribution in [0.5, 0.6) is 0 Å². The summed E-state index contributed by atoms with van der Waals surface area (Å²) in [6.45, 7) is 5.56. The monoisotopic (exact) mass is 349 g/mol. The average molecular weight is 349 g/mol. The molecule has 0 aromatic heterocycles. The molecule has 1 rings (SSSR count). The molecular weight excluding hydrogens is 325 g/mol. The third kappa shape index (κ3) is 6.28. The zero-order valence-corrected chi connectivity index (χ0v) is 14.9. The number of hydrogen-bond donors (Lipinski definition) is 2. The van der Waals surface area contributed by atoms with Gasteiger partial charge in [-0.1, -0.05) is 17.7 Å². The summed E-state index contributed by atoms with van der Waals surface area (Å²) in [6.07, 6.45) is -0.0389. The fourth-order valence-electron chi connectivity index (χ4n) is 1.82. The molecule has 0 spiro atoms. The molecule has 2 atom stereocenters. The van der Waals surface area contributed by atoms with Gasteiger partial charge < -0.3 is 14.2 Å². The Morgan fingerprint density at radius 1 is 1.23 bits per heavy atom. The zero-order valence-electron chi connectivity index (χ0n) is 13.2. The van der Waals surface area contributed by atoms with Crippen LogP contribution >= 0.6 is 7.60 Å².